The number of hydrogen-bond donors (Lipinski definition) is 3. The lowest BCUT2D eigenvalue weighted by molar-refractivity contribution is -0.161. The van der Waals surface area contributed by atoms with Crippen LogP contribution >= 0.6 is 15.6 Å². The number of aliphatic hydroxyl groups excluding tert-OH is 1. The van der Waals surface area contributed by atoms with E-state index in [9.17, 15) is 43.2 Å². The number of carbonyl (C=O) groups excluding carboxylic acids is 4. The van der Waals surface area contributed by atoms with E-state index in [4.69, 9.17) is 37.0 Å². The lowest BCUT2D eigenvalue weighted by Gasteiger charge is -2.21. The Bertz CT molecular complexity index is 1820. The summed E-state index contributed by atoms with van der Waals surface area (Å²) in [6.45, 7) is 11.9. The molecule has 0 spiro atoms. The maximum absolute atomic E-state index is 13.1. The van der Waals surface area contributed by atoms with Gasteiger partial charge in [0.2, 0.25) is 0 Å². The summed E-state index contributed by atoms with van der Waals surface area (Å²) < 4.78 is 68.5. The highest BCUT2D eigenvalue weighted by Crippen LogP contribution is 2.45. The van der Waals surface area contributed by atoms with Gasteiger partial charge in [0.15, 0.2) is 12.2 Å². The van der Waals surface area contributed by atoms with Crippen LogP contribution in [0.4, 0.5) is 0 Å². The number of rotatable bonds is 72. The summed E-state index contributed by atoms with van der Waals surface area (Å²) in [5.41, 5.74) is 0. The molecule has 0 rings (SSSR count). The lowest BCUT2D eigenvalue weighted by Crippen LogP contribution is -2.30. The quantitative estimate of drug-likeness (QED) is 0.0222. The third kappa shape index (κ3) is 67.0. The van der Waals surface area contributed by atoms with Crippen molar-refractivity contribution in [2.75, 3.05) is 39.6 Å². The summed E-state index contributed by atoms with van der Waals surface area (Å²) in [6, 6.07) is 0. The first-order chi connectivity index (χ1) is 44.8. The molecule has 0 heterocycles. The van der Waals surface area contributed by atoms with Crippen molar-refractivity contribution in [3.8, 4) is 0 Å². The van der Waals surface area contributed by atoms with Gasteiger partial charge in [0.05, 0.1) is 26.4 Å². The Labute approximate surface area is 568 Å². The molecule has 3 unspecified atom stereocenters. The van der Waals surface area contributed by atoms with Gasteiger partial charge in [-0.3, -0.25) is 37.3 Å². The van der Waals surface area contributed by atoms with E-state index < -0.39 is 97.5 Å². The third-order valence-electron chi connectivity index (χ3n) is 17.5. The zero-order valence-corrected chi connectivity index (χ0v) is 62.5. The lowest BCUT2D eigenvalue weighted by atomic mass is 9.99. The predicted molar refractivity (Wildman–Crippen MR) is 377 cm³/mol. The van der Waals surface area contributed by atoms with Crippen molar-refractivity contribution in [1.82, 2.24) is 0 Å². The van der Waals surface area contributed by atoms with Crippen LogP contribution in [0.5, 0.6) is 0 Å². The zero-order valence-electron chi connectivity index (χ0n) is 60.7. The summed E-state index contributed by atoms with van der Waals surface area (Å²) in [5, 5.41) is 10.6. The number of aliphatic hydroxyl groups is 1. The van der Waals surface area contributed by atoms with Crippen molar-refractivity contribution in [3.63, 3.8) is 0 Å². The first kappa shape index (κ1) is 91.1. The fraction of sp³-hybridized carbons (Fsp3) is 0.946. The van der Waals surface area contributed by atoms with Gasteiger partial charge in [0, 0.05) is 25.7 Å². The molecule has 0 aromatic rings. The molecule has 0 bridgehead atoms. The summed E-state index contributed by atoms with van der Waals surface area (Å²) in [5.74, 6) is 0.169. The van der Waals surface area contributed by atoms with E-state index in [1.54, 1.807) is 0 Å². The molecule has 0 saturated carbocycles. The number of phosphoric ester groups is 2. The van der Waals surface area contributed by atoms with Crippen LogP contribution in [-0.4, -0.2) is 96.7 Å². The van der Waals surface area contributed by atoms with E-state index in [1.807, 2.05) is 0 Å². The Morgan fingerprint density at radius 1 is 0.312 bits per heavy atom. The Kier molecular flexibility index (Phi) is 63.4. The van der Waals surface area contributed by atoms with Gasteiger partial charge in [-0.1, -0.05) is 325 Å². The molecule has 6 atom stereocenters. The number of ether oxygens (including phenoxy) is 4. The van der Waals surface area contributed by atoms with Gasteiger partial charge in [-0.2, -0.15) is 0 Å². The zero-order chi connectivity index (χ0) is 68.7. The van der Waals surface area contributed by atoms with Crippen LogP contribution in [0.1, 0.15) is 376 Å². The van der Waals surface area contributed by atoms with Crippen molar-refractivity contribution in [1.29, 1.82) is 0 Å². The second kappa shape index (κ2) is 64.7. The van der Waals surface area contributed by atoms with Crippen LogP contribution in [0.2, 0.25) is 0 Å². The Balaban J connectivity index is 5.27. The number of unbranched alkanes of at least 4 members (excludes halogenated alkanes) is 39. The number of esters is 4. The minimum Gasteiger partial charge on any atom is -0.462 e. The Morgan fingerprint density at radius 2 is 0.548 bits per heavy atom. The minimum atomic E-state index is -4.96. The molecule has 0 fully saturated rings. The molecule has 19 heteroatoms. The van der Waals surface area contributed by atoms with E-state index in [0.29, 0.717) is 25.7 Å². The van der Waals surface area contributed by atoms with Crippen LogP contribution < -0.4 is 0 Å². The molecule has 0 saturated heterocycles. The molecule has 0 amide bonds. The summed E-state index contributed by atoms with van der Waals surface area (Å²) in [6.07, 6.45) is 49.8. The molecule has 3 N–H and O–H groups in total. The SMILES string of the molecule is CCCCCCCCCCCCCCCCCC(=O)O[C@H](COC(=O)CCCCCCCCCCCCC(C)C)COP(=O)(O)OC[C@@H](O)COP(=O)(O)OC[C@@H](COC(=O)CCCCCCCCCCC(C)CC)OC(=O)CCCCCCCCCCCCC(C)C. The van der Waals surface area contributed by atoms with E-state index >= 15 is 0 Å². The first-order valence-electron chi connectivity index (χ1n) is 38.4. The first-order valence-corrected chi connectivity index (χ1v) is 41.4. The van der Waals surface area contributed by atoms with Crippen molar-refractivity contribution in [2.24, 2.45) is 17.8 Å². The van der Waals surface area contributed by atoms with Crippen molar-refractivity contribution in [2.45, 2.75) is 394 Å². The molecule has 0 radical (unpaired) electrons. The molecule has 552 valence electrons. The van der Waals surface area contributed by atoms with Crippen molar-refractivity contribution in [3.05, 3.63) is 0 Å². The van der Waals surface area contributed by atoms with Gasteiger partial charge in [-0.15, -0.1) is 0 Å². The fourth-order valence-electron chi connectivity index (χ4n) is 11.2. The Hall–Kier alpha value is -1.94. The van der Waals surface area contributed by atoms with Crippen molar-refractivity contribution < 1.29 is 80.2 Å². The van der Waals surface area contributed by atoms with Crippen molar-refractivity contribution >= 4 is 39.5 Å². The standard InChI is InChI=1S/C74H144O17P2/c1-8-10-11-12-13-14-15-16-17-18-19-27-36-43-50-57-73(78)90-69(61-84-71(76)55-48-41-34-26-22-20-24-31-38-45-52-65(3)4)63-88-92(80,81)86-59-68(75)60-87-93(82,83)89-64-70(62-85-72(77)56-49-42-35-30-29-33-40-47-54-67(7)9-2)91-74(79)58-51-44-37-28-23-21-25-32-39-46-53-66(5)6/h65-70,75H,8-64H2,1-7H3,(H,80,81)(H,82,83)/t67?,68-,69-,70-/m1/s1. The van der Waals surface area contributed by atoms with Gasteiger partial charge < -0.3 is 33.8 Å². The van der Waals surface area contributed by atoms with Gasteiger partial charge in [0.1, 0.15) is 19.3 Å². The molecule has 0 aromatic carbocycles. The summed E-state index contributed by atoms with van der Waals surface area (Å²) >= 11 is 0. The highest BCUT2D eigenvalue weighted by molar-refractivity contribution is 7.47. The van der Waals surface area contributed by atoms with Crippen LogP contribution in [0.25, 0.3) is 0 Å². The third-order valence-corrected chi connectivity index (χ3v) is 19.4. The molecule has 93 heavy (non-hydrogen) atoms. The minimum absolute atomic E-state index is 0.105. The highest BCUT2D eigenvalue weighted by atomic mass is 31.2. The number of carbonyl (C=O) groups is 4. The van der Waals surface area contributed by atoms with Gasteiger partial charge in [0.25, 0.3) is 0 Å². The Morgan fingerprint density at radius 3 is 0.817 bits per heavy atom. The van der Waals surface area contributed by atoms with Crippen LogP contribution in [0, 0.1) is 17.8 Å². The maximum Gasteiger partial charge on any atom is 0.472 e. The monoisotopic (exact) mass is 1370 g/mol. The summed E-state index contributed by atoms with van der Waals surface area (Å²) in [4.78, 5) is 72.8. The second-order valence-electron chi connectivity index (χ2n) is 27.9. The molecule has 17 nitrogen and oxygen atoms in total. The summed E-state index contributed by atoms with van der Waals surface area (Å²) in [7, 11) is -9.91. The van der Waals surface area contributed by atoms with E-state index in [2.05, 4.69) is 48.5 Å². The highest BCUT2D eigenvalue weighted by Gasteiger charge is 2.30. The second-order valence-corrected chi connectivity index (χ2v) is 30.8. The largest absolute Gasteiger partial charge is 0.472 e. The maximum atomic E-state index is 13.1. The van der Waals surface area contributed by atoms with Gasteiger partial charge in [-0.25, -0.2) is 9.13 Å². The molecular weight excluding hydrogens is 1220 g/mol. The molecular formula is C74H144O17P2. The normalized spacial score (nSPS) is 14.4. The molecule has 0 aromatic heterocycles. The molecule has 0 aliphatic carbocycles. The average Bonchev–Trinajstić information content (AvgIpc) is 3.16. The van der Waals surface area contributed by atoms with E-state index in [0.717, 1.165) is 108 Å². The fourth-order valence-corrected chi connectivity index (χ4v) is 12.8. The van der Waals surface area contributed by atoms with Crippen LogP contribution in [0.3, 0.4) is 0 Å². The predicted octanol–water partition coefficient (Wildman–Crippen LogP) is 21.4. The van der Waals surface area contributed by atoms with Gasteiger partial charge in [-0.05, 0) is 43.4 Å². The van der Waals surface area contributed by atoms with E-state index in [-0.39, 0.29) is 25.7 Å². The number of phosphoric acid groups is 2. The van der Waals surface area contributed by atoms with E-state index in [1.165, 1.54) is 186 Å². The molecule has 0 aliphatic rings. The smallest absolute Gasteiger partial charge is 0.462 e. The van der Waals surface area contributed by atoms with Gasteiger partial charge >= 0.3 is 39.5 Å². The van der Waals surface area contributed by atoms with Crippen LogP contribution in [0.15, 0.2) is 0 Å². The average molecular weight is 1370 g/mol. The topological polar surface area (TPSA) is 237 Å². The number of hydrogen-bond acceptors (Lipinski definition) is 15. The van der Waals surface area contributed by atoms with Crippen LogP contribution in [-0.2, 0) is 65.4 Å². The molecule has 0 aliphatic heterocycles.